The van der Waals surface area contributed by atoms with Crippen LogP contribution in [0.5, 0.6) is 0 Å². The fraction of sp³-hybridized carbons (Fsp3) is 0.583. The fourth-order valence-corrected chi connectivity index (χ4v) is 3.90. The summed E-state index contributed by atoms with van der Waals surface area (Å²) in [5, 5.41) is 17.2. The van der Waals surface area contributed by atoms with Crippen molar-refractivity contribution in [1.29, 1.82) is 0 Å². The van der Waals surface area contributed by atoms with E-state index in [1.165, 1.54) is 15.3 Å². The summed E-state index contributed by atoms with van der Waals surface area (Å²) in [6.45, 7) is 6.37. The Balaban J connectivity index is 0.000000357. The molecule has 0 radical (unpaired) electrons. The van der Waals surface area contributed by atoms with Gasteiger partial charge in [-0.3, -0.25) is 4.79 Å². The molecule has 0 unspecified atom stereocenters. The zero-order chi connectivity index (χ0) is 13.9. The lowest BCUT2D eigenvalue weighted by molar-refractivity contribution is -0.134. The van der Waals surface area contributed by atoms with E-state index in [-0.39, 0.29) is 12.0 Å². The Morgan fingerprint density at radius 3 is 2.28 bits per heavy atom. The molecule has 4 nitrogen and oxygen atoms in total. The number of hydrogen-bond acceptors (Lipinski definition) is 4. The van der Waals surface area contributed by atoms with Gasteiger partial charge in [0.2, 0.25) is 0 Å². The van der Waals surface area contributed by atoms with Crippen molar-refractivity contribution in [3.8, 4) is 0 Å². The van der Waals surface area contributed by atoms with Gasteiger partial charge in [0.1, 0.15) is 0 Å². The Hall–Kier alpha value is -0.430. The highest BCUT2D eigenvalue weighted by molar-refractivity contribution is 9.10. The lowest BCUT2D eigenvalue weighted by Gasteiger charge is -2.13. The van der Waals surface area contributed by atoms with Crippen LogP contribution in [0.25, 0.3) is 0 Å². The van der Waals surface area contributed by atoms with Gasteiger partial charge in [0.25, 0.3) is 5.97 Å². The highest BCUT2D eigenvalue weighted by Crippen LogP contribution is 2.40. The van der Waals surface area contributed by atoms with E-state index in [1.807, 2.05) is 0 Å². The molecular weight excluding hydrogens is 320 g/mol. The molecular formula is C12H17BrO4S. The minimum absolute atomic E-state index is 0.148. The summed E-state index contributed by atoms with van der Waals surface area (Å²) in [6, 6.07) is 0. The van der Waals surface area contributed by atoms with Gasteiger partial charge >= 0.3 is 0 Å². The van der Waals surface area contributed by atoms with Gasteiger partial charge < -0.3 is 14.9 Å². The number of aliphatic hydroxyl groups excluding tert-OH is 1. The highest BCUT2D eigenvalue weighted by atomic mass is 79.9. The van der Waals surface area contributed by atoms with E-state index in [0.29, 0.717) is 13.2 Å². The average Bonchev–Trinajstić information content (AvgIpc) is 2.73. The molecule has 0 bridgehead atoms. The molecule has 1 aromatic heterocycles. The Morgan fingerprint density at radius 1 is 1.39 bits per heavy atom. The second-order valence-electron chi connectivity index (χ2n) is 4.17. The van der Waals surface area contributed by atoms with Crippen molar-refractivity contribution in [2.24, 2.45) is 0 Å². The van der Waals surface area contributed by atoms with E-state index in [1.54, 1.807) is 11.3 Å². The number of ether oxygens (including phenoxy) is 1. The molecule has 0 spiro atoms. The van der Waals surface area contributed by atoms with Crippen molar-refractivity contribution in [3.05, 3.63) is 19.8 Å². The number of rotatable bonds is 1. The lowest BCUT2D eigenvalue weighted by atomic mass is 9.97. The van der Waals surface area contributed by atoms with Gasteiger partial charge in [-0.2, -0.15) is 0 Å². The molecule has 2 rings (SSSR count). The summed E-state index contributed by atoms with van der Waals surface area (Å²) in [6.07, 6.45) is -0.348. The quantitative estimate of drug-likeness (QED) is 0.827. The van der Waals surface area contributed by atoms with Crippen LogP contribution in [0, 0.1) is 13.8 Å². The molecule has 1 saturated heterocycles. The first-order chi connectivity index (χ1) is 8.34. The molecule has 1 aliphatic heterocycles. The monoisotopic (exact) mass is 336 g/mol. The summed E-state index contributed by atoms with van der Waals surface area (Å²) in [7, 11) is 0. The summed E-state index contributed by atoms with van der Waals surface area (Å²) in [4.78, 5) is 11.6. The number of carboxylic acids is 1. The minimum Gasteiger partial charge on any atom is -0.481 e. The summed E-state index contributed by atoms with van der Waals surface area (Å²) >= 11 is 5.35. The second-order valence-corrected chi connectivity index (χ2v) is 6.39. The van der Waals surface area contributed by atoms with Crippen molar-refractivity contribution in [3.63, 3.8) is 0 Å². The maximum atomic E-state index is 9.76. The van der Waals surface area contributed by atoms with Crippen LogP contribution in [-0.2, 0) is 9.53 Å². The molecule has 0 aromatic carbocycles. The maximum absolute atomic E-state index is 9.76. The Morgan fingerprint density at radius 2 is 1.94 bits per heavy atom. The van der Waals surface area contributed by atoms with Gasteiger partial charge in [0, 0.05) is 27.1 Å². The van der Waals surface area contributed by atoms with E-state index >= 15 is 0 Å². The Kier molecular flexibility index (Phi) is 5.78. The van der Waals surface area contributed by atoms with Crippen LogP contribution in [0.2, 0.25) is 0 Å². The predicted octanol–water partition coefficient (Wildman–Crippen LogP) is 2.69. The van der Waals surface area contributed by atoms with Crippen LogP contribution in [-0.4, -0.2) is 35.5 Å². The van der Waals surface area contributed by atoms with Gasteiger partial charge in [-0.05, 0) is 35.3 Å². The van der Waals surface area contributed by atoms with Crippen LogP contribution >= 0.6 is 27.3 Å². The average molecular weight is 337 g/mol. The molecule has 1 aliphatic rings. The van der Waals surface area contributed by atoms with Gasteiger partial charge in [0.05, 0.1) is 19.3 Å². The molecule has 2 N–H and O–H groups in total. The number of aryl methyl sites for hydroxylation is 2. The van der Waals surface area contributed by atoms with Crippen molar-refractivity contribution >= 4 is 33.2 Å². The third-order valence-electron chi connectivity index (χ3n) is 2.65. The first kappa shape index (κ1) is 15.6. The van der Waals surface area contributed by atoms with Crippen LogP contribution < -0.4 is 0 Å². The molecule has 0 aliphatic carbocycles. The molecule has 0 amide bonds. The topological polar surface area (TPSA) is 66.8 Å². The predicted molar refractivity (Wildman–Crippen MR) is 74.4 cm³/mol. The lowest BCUT2D eigenvalue weighted by Crippen LogP contribution is -2.16. The molecule has 0 saturated carbocycles. The van der Waals surface area contributed by atoms with Crippen molar-refractivity contribution < 1.29 is 19.7 Å². The number of carbonyl (C=O) groups is 1. The minimum atomic E-state index is -0.833. The summed E-state index contributed by atoms with van der Waals surface area (Å²) in [5.74, 6) is -0.686. The van der Waals surface area contributed by atoms with E-state index in [2.05, 4.69) is 29.8 Å². The van der Waals surface area contributed by atoms with E-state index < -0.39 is 5.97 Å². The van der Waals surface area contributed by atoms with Crippen LogP contribution in [0.3, 0.4) is 0 Å². The van der Waals surface area contributed by atoms with E-state index in [9.17, 15) is 5.11 Å². The first-order valence-electron chi connectivity index (χ1n) is 5.55. The third-order valence-corrected chi connectivity index (χ3v) is 4.97. The normalized spacial score (nSPS) is 22.5. The zero-order valence-corrected chi connectivity index (χ0v) is 13.0. The van der Waals surface area contributed by atoms with Gasteiger partial charge in [0.15, 0.2) is 0 Å². The number of thiophene rings is 1. The van der Waals surface area contributed by atoms with Gasteiger partial charge in [-0.15, -0.1) is 11.3 Å². The molecule has 1 fully saturated rings. The first-order valence-corrected chi connectivity index (χ1v) is 7.16. The smallest absolute Gasteiger partial charge is 0.300 e. The standard InChI is InChI=1S/C10H13BrO2S.C2H4O2/c1-5-9(10(11)6(2)14-5)7-3-13-4-8(7)12;1-2(3)4/h7-8,12H,3-4H2,1-2H3;1H3,(H,3,4)/t7-,8-;/m1./s1. The SMILES string of the molecule is CC(=O)O.Cc1sc(C)c([C@@H]2COC[C@H]2O)c1Br. The third kappa shape index (κ3) is 3.78. The Bertz CT molecular complexity index is 426. The fourth-order valence-electron chi connectivity index (χ4n) is 1.92. The summed E-state index contributed by atoms with van der Waals surface area (Å²) < 4.78 is 6.42. The number of halogens is 1. The second kappa shape index (κ2) is 6.65. The highest BCUT2D eigenvalue weighted by Gasteiger charge is 2.31. The van der Waals surface area contributed by atoms with Crippen molar-refractivity contribution in [1.82, 2.24) is 0 Å². The van der Waals surface area contributed by atoms with Crippen LogP contribution in [0.4, 0.5) is 0 Å². The number of carboxylic acid groups (broad SMARTS) is 1. The van der Waals surface area contributed by atoms with E-state index in [0.717, 1.165) is 11.4 Å². The summed E-state index contributed by atoms with van der Waals surface area (Å²) in [5.41, 5.74) is 1.23. The molecule has 2 atom stereocenters. The molecule has 1 aromatic rings. The number of aliphatic hydroxyl groups is 1. The van der Waals surface area contributed by atoms with Gasteiger partial charge in [-0.1, -0.05) is 0 Å². The molecule has 102 valence electrons. The largest absolute Gasteiger partial charge is 0.481 e. The number of aliphatic carboxylic acids is 1. The van der Waals surface area contributed by atoms with Crippen LogP contribution in [0.1, 0.15) is 28.2 Å². The van der Waals surface area contributed by atoms with Crippen molar-refractivity contribution in [2.75, 3.05) is 13.2 Å². The molecule has 18 heavy (non-hydrogen) atoms. The molecule has 2 heterocycles. The van der Waals surface area contributed by atoms with Gasteiger partial charge in [-0.25, -0.2) is 0 Å². The maximum Gasteiger partial charge on any atom is 0.300 e. The van der Waals surface area contributed by atoms with Crippen molar-refractivity contribution in [2.45, 2.75) is 32.8 Å². The van der Waals surface area contributed by atoms with Crippen LogP contribution in [0.15, 0.2) is 4.47 Å². The van der Waals surface area contributed by atoms with E-state index in [4.69, 9.17) is 14.6 Å². The Labute approximate surface area is 119 Å². The number of hydrogen-bond donors (Lipinski definition) is 2. The molecule has 6 heteroatoms. The zero-order valence-electron chi connectivity index (χ0n) is 10.6.